The summed E-state index contributed by atoms with van der Waals surface area (Å²) >= 11 is 0. The summed E-state index contributed by atoms with van der Waals surface area (Å²) in [7, 11) is 10.0. The quantitative estimate of drug-likeness (QED) is 0.202. The Kier molecular flexibility index (Phi) is 17.0. The molecule has 312 valence electrons. The smallest absolute Gasteiger partial charge is 0.132 e. The first kappa shape index (κ1) is 45.0. The molecule has 0 spiro atoms. The molecule has 0 aromatic heterocycles. The number of benzene rings is 3. The van der Waals surface area contributed by atoms with Crippen molar-refractivity contribution in [2.75, 3.05) is 62.5 Å². The summed E-state index contributed by atoms with van der Waals surface area (Å²) in [5.74, 6) is 4.24. The molecule has 3 aliphatic heterocycles. The molecule has 3 aliphatic rings. The first-order valence-corrected chi connectivity index (χ1v) is 19.3. The molecule has 5 unspecified atom stereocenters. The van der Waals surface area contributed by atoms with Gasteiger partial charge in [0.25, 0.3) is 0 Å². The van der Waals surface area contributed by atoms with E-state index in [1.54, 1.807) is 48.7 Å². The van der Waals surface area contributed by atoms with Crippen LogP contribution < -0.4 is 40.9 Å². The second-order valence-electron chi connectivity index (χ2n) is 14.6. The summed E-state index contributed by atoms with van der Waals surface area (Å²) in [6.45, 7) is 11.4. The lowest BCUT2D eigenvalue weighted by atomic mass is 9.88. The van der Waals surface area contributed by atoms with Crippen molar-refractivity contribution in [1.29, 1.82) is 0 Å². The fourth-order valence-corrected chi connectivity index (χ4v) is 7.60. The average molecular weight is 786 g/mol. The molecule has 5 atom stereocenters. The van der Waals surface area contributed by atoms with E-state index in [1.807, 2.05) is 26.8 Å². The van der Waals surface area contributed by atoms with E-state index in [-0.39, 0.29) is 36.0 Å². The maximum atomic E-state index is 14.2. The molecule has 13 heteroatoms. The summed E-state index contributed by atoms with van der Waals surface area (Å²) in [6, 6.07) is 5.64. The minimum Gasteiger partial charge on any atom is -0.496 e. The van der Waals surface area contributed by atoms with Crippen LogP contribution in [-0.4, -0.2) is 80.6 Å². The van der Waals surface area contributed by atoms with Gasteiger partial charge in [-0.1, -0.05) is 6.92 Å². The predicted octanol–water partition coefficient (Wildman–Crippen LogP) is 5.84. The van der Waals surface area contributed by atoms with Crippen LogP contribution in [-0.2, 0) is 64.5 Å². The minimum absolute atomic E-state index is 0.0566. The molecule has 0 amide bonds. The monoisotopic (exact) mass is 785 g/mol. The molecule has 12 nitrogen and oxygen atoms in total. The van der Waals surface area contributed by atoms with Gasteiger partial charge in [0.05, 0.1) is 75.2 Å². The lowest BCUT2D eigenvalue weighted by molar-refractivity contribution is 0.0804. The fraction of sp³-hybridized carbons (Fsp3) is 0.581. The van der Waals surface area contributed by atoms with Gasteiger partial charge in [0.15, 0.2) is 0 Å². The van der Waals surface area contributed by atoms with Crippen molar-refractivity contribution in [3.05, 3.63) is 74.1 Å². The first-order chi connectivity index (χ1) is 26.9. The molecule has 0 saturated carbocycles. The summed E-state index contributed by atoms with van der Waals surface area (Å²) in [4.78, 5) is 0. The maximum absolute atomic E-state index is 14.2. The fourth-order valence-electron chi connectivity index (χ4n) is 7.60. The molecule has 3 heterocycles. The molecule has 3 aromatic rings. The van der Waals surface area contributed by atoms with Crippen molar-refractivity contribution in [2.24, 2.45) is 17.2 Å². The number of nitrogens with two attached hydrogens (primary N) is 3. The van der Waals surface area contributed by atoms with Gasteiger partial charge in [-0.05, 0) is 76.1 Å². The van der Waals surface area contributed by atoms with Crippen LogP contribution in [0.15, 0.2) is 18.2 Å². The Hall–Kier alpha value is -3.69. The molecule has 56 heavy (non-hydrogen) atoms. The highest BCUT2D eigenvalue weighted by Crippen LogP contribution is 2.42. The van der Waals surface area contributed by atoms with E-state index >= 15 is 0 Å². The number of rotatable bonds is 12. The van der Waals surface area contributed by atoms with Crippen LogP contribution in [0, 0.1) is 5.82 Å². The average Bonchev–Trinajstić information content (AvgIpc) is 3.21. The first-order valence-electron chi connectivity index (χ1n) is 19.3. The third-order valence-electron chi connectivity index (χ3n) is 10.6. The van der Waals surface area contributed by atoms with Gasteiger partial charge >= 0.3 is 0 Å². The van der Waals surface area contributed by atoms with Crippen molar-refractivity contribution in [2.45, 2.75) is 103 Å². The lowest BCUT2D eigenvalue weighted by Crippen LogP contribution is -2.27. The Morgan fingerprint density at radius 2 is 1.00 bits per heavy atom. The minimum atomic E-state index is -0.244. The van der Waals surface area contributed by atoms with E-state index in [4.69, 9.17) is 59.8 Å². The van der Waals surface area contributed by atoms with Crippen LogP contribution in [0.4, 0.5) is 4.39 Å². The number of ether oxygens (including phenoxy) is 9. The molecule has 0 fully saturated rings. The lowest BCUT2D eigenvalue weighted by Gasteiger charge is -2.28. The molecule has 6 N–H and O–H groups in total. The van der Waals surface area contributed by atoms with Gasteiger partial charge in [-0.2, -0.15) is 0 Å². The molecular formula is C43H64FN3O9. The van der Waals surface area contributed by atoms with Gasteiger partial charge in [-0.3, -0.25) is 0 Å². The molecule has 3 aromatic carbocycles. The largest absolute Gasteiger partial charge is 0.496 e. The van der Waals surface area contributed by atoms with E-state index in [0.717, 1.165) is 81.6 Å². The highest BCUT2D eigenvalue weighted by atomic mass is 19.1. The van der Waals surface area contributed by atoms with Crippen LogP contribution in [0.5, 0.6) is 28.7 Å². The SMILES string of the molecule is COc1cc(C(C)C(C)N)c(OC)c2c1CCOC2.COc1cc(C(OC)C(C)N)c(OC)c2c1CCOC2.COc1cc(CC(C)N)c(F)c2c1CCOC2. The zero-order valence-corrected chi connectivity index (χ0v) is 35.0. The van der Waals surface area contributed by atoms with E-state index < -0.39 is 0 Å². The molecule has 0 radical (unpaired) electrons. The van der Waals surface area contributed by atoms with Crippen molar-refractivity contribution in [3.8, 4) is 28.7 Å². The number of hydrogen-bond acceptors (Lipinski definition) is 12. The summed E-state index contributed by atoms with van der Waals surface area (Å²) in [5.41, 5.74) is 26.5. The van der Waals surface area contributed by atoms with Crippen molar-refractivity contribution < 1.29 is 47.0 Å². The summed E-state index contributed by atoms with van der Waals surface area (Å²) in [6.07, 6.45) is 2.65. The second-order valence-corrected chi connectivity index (χ2v) is 14.6. The zero-order valence-electron chi connectivity index (χ0n) is 35.0. The Morgan fingerprint density at radius 3 is 1.41 bits per heavy atom. The predicted molar refractivity (Wildman–Crippen MR) is 215 cm³/mol. The number of fused-ring (bicyclic) bond motifs is 3. The van der Waals surface area contributed by atoms with Crippen LogP contribution in [0.1, 0.15) is 89.8 Å². The Labute approximate surface area is 332 Å². The van der Waals surface area contributed by atoms with Crippen LogP contribution in [0.25, 0.3) is 0 Å². The topological polar surface area (TPSA) is 161 Å². The third-order valence-corrected chi connectivity index (χ3v) is 10.6. The normalized spacial score (nSPS) is 17.1. The highest BCUT2D eigenvalue weighted by Gasteiger charge is 2.29. The molecular weight excluding hydrogens is 721 g/mol. The second kappa shape index (κ2) is 21.2. The van der Waals surface area contributed by atoms with Crippen molar-refractivity contribution in [1.82, 2.24) is 0 Å². The van der Waals surface area contributed by atoms with Gasteiger partial charge in [-0.15, -0.1) is 0 Å². The number of halogens is 1. The van der Waals surface area contributed by atoms with Crippen molar-refractivity contribution >= 4 is 0 Å². The molecule has 6 rings (SSSR count). The van der Waals surface area contributed by atoms with Crippen LogP contribution >= 0.6 is 0 Å². The van der Waals surface area contributed by atoms with Gasteiger partial charge in [0, 0.05) is 69.7 Å². The van der Waals surface area contributed by atoms with Gasteiger partial charge < -0.3 is 59.8 Å². The Balaban J connectivity index is 0.000000187. The number of hydrogen-bond donors (Lipinski definition) is 3. The zero-order chi connectivity index (χ0) is 41.1. The number of methoxy groups -OCH3 is 6. The molecule has 0 saturated heterocycles. The highest BCUT2D eigenvalue weighted by molar-refractivity contribution is 5.57. The third kappa shape index (κ3) is 10.2. The summed E-state index contributed by atoms with van der Waals surface area (Å²) < 4.78 is 63.8. The van der Waals surface area contributed by atoms with Crippen LogP contribution in [0.2, 0.25) is 0 Å². The van der Waals surface area contributed by atoms with Crippen molar-refractivity contribution in [3.63, 3.8) is 0 Å². The molecule has 0 bridgehead atoms. The maximum Gasteiger partial charge on any atom is 0.132 e. The Bertz CT molecular complexity index is 1750. The summed E-state index contributed by atoms with van der Waals surface area (Å²) in [5, 5.41) is 0. The van der Waals surface area contributed by atoms with Crippen LogP contribution in [0.3, 0.4) is 0 Å². The van der Waals surface area contributed by atoms with E-state index in [9.17, 15) is 4.39 Å². The van der Waals surface area contributed by atoms with E-state index in [2.05, 4.69) is 13.0 Å². The van der Waals surface area contributed by atoms with E-state index in [0.29, 0.717) is 57.0 Å². The standard InChI is InChI=1S/C15H23NO4.C15H23NO3.C13H18FNO2/c1-9(16)14(18-3)11-7-13(17-2)10-5-6-20-8-12(10)15(11)19-4;1-9(10(2)16)12-7-14(17-3)11-5-6-19-8-13(11)15(12)18-4;1-8(15)5-9-6-12(16-2)10-3-4-17-7-11(10)13(9)14/h7,9,14H,5-6,8,16H2,1-4H3;7,9-10H,5-6,8,16H2,1-4H3;6,8H,3-5,7,15H2,1-2H3. The van der Waals surface area contributed by atoms with Gasteiger partial charge in [0.1, 0.15) is 40.7 Å². The van der Waals surface area contributed by atoms with Gasteiger partial charge in [-0.25, -0.2) is 4.39 Å². The molecule has 0 aliphatic carbocycles. The van der Waals surface area contributed by atoms with E-state index in [1.165, 1.54) is 5.56 Å². The Morgan fingerprint density at radius 1 is 0.571 bits per heavy atom. The van der Waals surface area contributed by atoms with Gasteiger partial charge in [0.2, 0.25) is 0 Å².